The lowest BCUT2D eigenvalue weighted by Gasteiger charge is -2.19. The standard InChI is InChI=1S/C12H13ClN2O5S/c13-10-7-8(1-2-9(10)12(17)18)21(19,20)15-5-3-11(16)14-4-6-15/h1-2,7H,3-6H2,(H,14,16)(H,17,18). The van der Waals surface area contributed by atoms with Crippen molar-refractivity contribution in [3.05, 3.63) is 28.8 Å². The maximum atomic E-state index is 12.5. The first-order valence-corrected chi connectivity index (χ1v) is 7.94. The Labute approximate surface area is 126 Å². The molecule has 0 bridgehead atoms. The van der Waals surface area contributed by atoms with Crippen molar-refractivity contribution < 1.29 is 23.1 Å². The van der Waals surface area contributed by atoms with Gasteiger partial charge in [0.1, 0.15) is 0 Å². The van der Waals surface area contributed by atoms with E-state index in [1.165, 1.54) is 10.4 Å². The van der Waals surface area contributed by atoms with Crippen LogP contribution in [0.3, 0.4) is 0 Å². The number of carbonyl (C=O) groups excluding carboxylic acids is 1. The molecule has 0 aromatic heterocycles. The van der Waals surface area contributed by atoms with Crippen LogP contribution in [-0.2, 0) is 14.8 Å². The molecule has 9 heteroatoms. The lowest BCUT2D eigenvalue weighted by Crippen LogP contribution is -2.34. The number of benzene rings is 1. The summed E-state index contributed by atoms with van der Waals surface area (Å²) in [6.45, 7) is 0.470. The number of carboxylic acid groups (broad SMARTS) is 1. The molecule has 0 spiro atoms. The zero-order valence-corrected chi connectivity index (χ0v) is 12.4. The van der Waals surface area contributed by atoms with Crippen LogP contribution < -0.4 is 5.32 Å². The van der Waals surface area contributed by atoms with Gasteiger partial charge in [0.15, 0.2) is 0 Å². The molecule has 114 valence electrons. The highest BCUT2D eigenvalue weighted by Gasteiger charge is 2.27. The van der Waals surface area contributed by atoms with Gasteiger partial charge in [0.25, 0.3) is 0 Å². The summed E-state index contributed by atoms with van der Waals surface area (Å²) in [4.78, 5) is 22.0. The van der Waals surface area contributed by atoms with Crippen molar-refractivity contribution in [3.8, 4) is 0 Å². The van der Waals surface area contributed by atoms with Gasteiger partial charge < -0.3 is 10.4 Å². The first kappa shape index (κ1) is 15.7. The van der Waals surface area contributed by atoms with Crippen molar-refractivity contribution in [1.82, 2.24) is 9.62 Å². The predicted molar refractivity (Wildman–Crippen MR) is 74.8 cm³/mol. The Morgan fingerprint density at radius 2 is 2.05 bits per heavy atom. The largest absolute Gasteiger partial charge is 0.478 e. The zero-order chi connectivity index (χ0) is 15.6. The van der Waals surface area contributed by atoms with Gasteiger partial charge in [-0.2, -0.15) is 4.31 Å². The van der Waals surface area contributed by atoms with E-state index >= 15 is 0 Å². The number of amides is 1. The average Bonchev–Trinajstić information content (AvgIpc) is 2.63. The third-order valence-corrected chi connectivity index (χ3v) is 5.29. The number of carboxylic acids is 1. The molecule has 1 amide bonds. The van der Waals surface area contributed by atoms with Crippen molar-refractivity contribution in [2.75, 3.05) is 19.6 Å². The van der Waals surface area contributed by atoms with Gasteiger partial charge in [0.05, 0.1) is 15.5 Å². The molecule has 0 atom stereocenters. The van der Waals surface area contributed by atoms with Crippen LogP contribution in [0.15, 0.2) is 23.1 Å². The lowest BCUT2D eigenvalue weighted by molar-refractivity contribution is -0.120. The van der Waals surface area contributed by atoms with E-state index in [-0.39, 0.29) is 47.4 Å². The topological polar surface area (TPSA) is 104 Å². The Morgan fingerprint density at radius 3 is 2.67 bits per heavy atom. The summed E-state index contributed by atoms with van der Waals surface area (Å²) in [5, 5.41) is 11.3. The summed E-state index contributed by atoms with van der Waals surface area (Å²) in [5.41, 5.74) is -0.164. The van der Waals surface area contributed by atoms with Crippen molar-refractivity contribution in [3.63, 3.8) is 0 Å². The van der Waals surface area contributed by atoms with Gasteiger partial charge in [-0.05, 0) is 18.2 Å². The highest BCUT2D eigenvalue weighted by Crippen LogP contribution is 2.23. The lowest BCUT2D eigenvalue weighted by atomic mass is 10.2. The van der Waals surface area contributed by atoms with Gasteiger partial charge in [-0.3, -0.25) is 4.79 Å². The van der Waals surface area contributed by atoms with E-state index in [1.54, 1.807) is 0 Å². The van der Waals surface area contributed by atoms with Crippen LogP contribution in [0.2, 0.25) is 5.02 Å². The third-order valence-electron chi connectivity index (χ3n) is 3.08. The Kier molecular flexibility index (Phi) is 4.50. The molecule has 21 heavy (non-hydrogen) atoms. The molecule has 2 N–H and O–H groups in total. The fraction of sp³-hybridized carbons (Fsp3) is 0.333. The normalized spacial score (nSPS) is 17.1. The van der Waals surface area contributed by atoms with Crippen molar-refractivity contribution >= 4 is 33.5 Å². The highest BCUT2D eigenvalue weighted by molar-refractivity contribution is 7.89. The Bertz CT molecular complexity index is 689. The van der Waals surface area contributed by atoms with E-state index < -0.39 is 16.0 Å². The number of carbonyl (C=O) groups is 2. The maximum absolute atomic E-state index is 12.5. The van der Waals surface area contributed by atoms with E-state index in [1.807, 2.05) is 0 Å². The summed E-state index contributed by atoms with van der Waals surface area (Å²) in [7, 11) is -3.81. The minimum atomic E-state index is -3.81. The van der Waals surface area contributed by atoms with Crippen LogP contribution in [0.1, 0.15) is 16.8 Å². The van der Waals surface area contributed by atoms with E-state index in [4.69, 9.17) is 16.7 Å². The Morgan fingerprint density at radius 1 is 1.33 bits per heavy atom. The molecular weight excluding hydrogens is 320 g/mol. The summed E-state index contributed by atoms with van der Waals surface area (Å²) >= 11 is 5.79. The van der Waals surface area contributed by atoms with Crippen LogP contribution in [0.25, 0.3) is 0 Å². The van der Waals surface area contributed by atoms with E-state index in [0.717, 1.165) is 12.1 Å². The van der Waals surface area contributed by atoms with Gasteiger partial charge >= 0.3 is 5.97 Å². The quantitative estimate of drug-likeness (QED) is 0.841. The monoisotopic (exact) mass is 332 g/mol. The molecule has 0 aliphatic carbocycles. The molecule has 7 nitrogen and oxygen atoms in total. The Hall–Kier alpha value is -1.64. The number of sulfonamides is 1. The van der Waals surface area contributed by atoms with Gasteiger partial charge in [-0.25, -0.2) is 13.2 Å². The van der Waals surface area contributed by atoms with E-state index in [2.05, 4.69) is 5.32 Å². The number of nitrogens with zero attached hydrogens (tertiary/aromatic N) is 1. The SMILES string of the molecule is O=C1CCN(S(=O)(=O)c2ccc(C(=O)O)c(Cl)c2)CCN1. The summed E-state index contributed by atoms with van der Waals surface area (Å²) in [6.07, 6.45) is 0.0835. The van der Waals surface area contributed by atoms with Crippen LogP contribution in [0.5, 0.6) is 0 Å². The molecule has 1 aromatic carbocycles. The van der Waals surface area contributed by atoms with Crippen LogP contribution >= 0.6 is 11.6 Å². The first-order chi connectivity index (χ1) is 9.82. The third kappa shape index (κ3) is 3.34. The van der Waals surface area contributed by atoms with Crippen LogP contribution in [0, 0.1) is 0 Å². The molecule has 1 aromatic rings. The molecular formula is C12H13ClN2O5S. The van der Waals surface area contributed by atoms with Crippen molar-refractivity contribution in [2.45, 2.75) is 11.3 Å². The number of nitrogens with one attached hydrogen (secondary N) is 1. The van der Waals surface area contributed by atoms with E-state index in [0.29, 0.717) is 0 Å². The van der Waals surface area contributed by atoms with Crippen molar-refractivity contribution in [1.29, 1.82) is 0 Å². The highest BCUT2D eigenvalue weighted by atomic mass is 35.5. The van der Waals surface area contributed by atoms with E-state index in [9.17, 15) is 18.0 Å². The molecule has 1 aliphatic rings. The van der Waals surface area contributed by atoms with Crippen LogP contribution in [0.4, 0.5) is 0 Å². The first-order valence-electron chi connectivity index (χ1n) is 6.12. The van der Waals surface area contributed by atoms with Gasteiger partial charge in [-0.15, -0.1) is 0 Å². The number of hydrogen-bond acceptors (Lipinski definition) is 4. The fourth-order valence-corrected chi connectivity index (χ4v) is 3.76. The molecule has 0 saturated carbocycles. The number of hydrogen-bond donors (Lipinski definition) is 2. The number of rotatable bonds is 3. The Balaban J connectivity index is 2.33. The molecule has 1 fully saturated rings. The molecule has 0 unspecified atom stereocenters. The fourth-order valence-electron chi connectivity index (χ4n) is 1.97. The molecule has 1 aliphatic heterocycles. The second-order valence-electron chi connectivity index (χ2n) is 4.45. The predicted octanol–water partition coefficient (Wildman–Crippen LogP) is 0.549. The number of aromatic carboxylic acids is 1. The summed E-state index contributed by atoms with van der Waals surface area (Å²) in [6, 6.07) is 3.46. The molecule has 1 saturated heterocycles. The van der Waals surface area contributed by atoms with Crippen molar-refractivity contribution in [2.24, 2.45) is 0 Å². The second-order valence-corrected chi connectivity index (χ2v) is 6.80. The maximum Gasteiger partial charge on any atom is 0.337 e. The molecule has 2 rings (SSSR count). The minimum Gasteiger partial charge on any atom is -0.478 e. The summed E-state index contributed by atoms with van der Waals surface area (Å²) < 4.78 is 26.1. The minimum absolute atomic E-state index is 0.0759. The average molecular weight is 333 g/mol. The zero-order valence-electron chi connectivity index (χ0n) is 10.9. The molecule has 0 radical (unpaired) electrons. The second kappa shape index (κ2) is 6.00. The smallest absolute Gasteiger partial charge is 0.337 e. The van der Waals surface area contributed by atoms with Gasteiger partial charge in [-0.1, -0.05) is 11.6 Å². The molecule has 1 heterocycles. The number of halogens is 1. The van der Waals surface area contributed by atoms with Gasteiger partial charge in [0.2, 0.25) is 15.9 Å². The van der Waals surface area contributed by atoms with Crippen LogP contribution in [-0.4, -0.2) is 49.3 Å². The van der Waals surface area contributed by atoms with Gasteiger partial charge in [0, 0.05) is 26.1 Å². The summed E-state index contributed by atoms with van der Waals surface area (Å²) in [5.74, 6) is -1.43.